The number of carbonyl (C=O) groups is 3. The van der Waals surface area contributed by atoms with Crippen LogP contribution >= 0.6 is 23.2 Å². The molecule has 1 aliphatic heterocycles. The van der Waals surface area contributed by atoms with Gasteiger partial charge in [0.25, 0.3) is 5.91 Å². The van der Waals surface area contributed by atoms with Crippen molar-refractivity contribution < 1.29 is 19.1 Å². The van der Waals surface area contributed by atoms with Crippen LogP contribution in [0.15, 0.2) is 42.5 Å². The van der Waals surface area contributed by atoms with Crippen molar-refractivity contribution in [2.24, 2.45) is 0 Å². The summed E-state index contributed by atoms with van der Waals surface area (Å²) in [6.07, 6.45) is 2.92. The number of halogens is 2. The van der Waals surface area contributed by atoms with Gasteiger partial charge in [-0.3, -0.25) is 19.3 Å². The van der Waals surface area contributed by atoms with Crippen LogP contribution in [0.25, 0.3) is 6.08 Å². The van der Waals surface area contributed by atoms with Crippen LogP contribution in [0.2, 0.25) is 10.0 Å². The van der Waals surface area contributed by atoms with Gasteiger partial charge in [-0.05, 0) is 55.8 Å². The van der Waals surface area contributed by atoms with Gasteiger partial charge in [-0.15, -0.1) is 0 Å². The number of anilines is 2. The Hall–Kier alpha value is -3.03. The number of fused-ring (bicyclic) bond motifs is 1. The molecule has 3 amide bonds. The van der Waals surface area contributed by atoms with E-state index in [0.717, 1.165) is 0 Å². The zero-order chi connectivity index (χ0) is 23.3. The number of likely N-dealkylation sites (N-methyl/N-ethyl adjacent to an activating group) is 1. The van der Waals surface area contributed by atoms with E-state index in [0.29, 0.717) is 45.8 Å². The van der Waals surface area contributed by atoms with E-state index < -0.39 is 0 Å². The summed E-state index contributed by atoms with van der Waals surface area (Å²) in [4.78, 5) is 40.4. The van der Waals surface area contributed by atoms with Crippen molar-refractivity contribution in [3.05, 3.63) is 58.1 Å². The Morgan fingerprint density at radius 3 is 2.59 bits per heavy atom. The molecule has 168 valence electrons. The van der Waals surface area contributed by atoms with E-state index in [1.165, 1.54) is 11.0 Å². The highest BCUT2D eigenvalue weighted by Gasteiger charge is 2.28. The first kappa shape index (κ1) is 23.6. The lowest BCUT2D eigenvalue weighted by molar-refractivity contribution is -0.131. The molecule has 0 fully saturated rings. The second-order valence-corrected chi connectivity index (χ2v) is 7.85. The molecule has 2 aromatic rings. The maximum absolute atomic E-state index is 12.6. The third-order valence-corrected chi connectivity index (χ3v) is 5.52. The molecular formula is C23H23Cl2N3O4. The SMILES string of the molecule is CCN(CC)C(=O)CN1C(=O)COc2ccc(NC(=O)/C=C/c3ccc(Cl)cc3Cl)cc21. The molecule has 0 spiro atoms. The fourth-order valence-electron chi connectivity index (χ4n) is 3.25. The first-order valence-corrected chi connectivity index (χ1v) is 10.9. The van der Waals surface area contributed by atoms with Gasteiger partial charge in [-0.25, -0.2) is 0 Å². The molecule has 0 atom stereocenters. The largest absolute Gasteiger partial charge is 0.482 e. The molecule has 0 saturated carbocycles. The molecule has 0 aromatic heterocycles. The first-order chi connectivity index (χ1) is 15.3. The minimum Gasteiger partial charge on any atom is -0.482 e. The molecule has 3 rings (SSSR count). The summed E-state index contributed by atoms with van der Waals surface area (Å²) in [5, 5.41) is 3.68. The number of amides is 3. The average molecular weight is 476 g/mol. The van der Waals surface area contributed by atoms with E-state index in [1.807, 2.05) is 13.8 Å². The van der Waals surface area contributed by atoms with Crippen molar-refractivity contribution in [3.8, 4) is 5.75 Å². The molecule has 1 N–H and O–H groups in total. The Morgan fingerprint density at radius 2 is 1.91 bits per heavy atom. The van der Waals surface area contributed by atoms with Gasteiger partial charge in [0.05, 0.1) is 5.69 Å². The molecular weight excluding hydrogens is 453 g/mol. The van der Waals surface area contributed by atoms with Crippen LogP contribution in [0.5, 0.6) is 5.75 Å². The summed E-state index contributed by atoms with van der Waals surface area (Å²) in [6, 6.07) is 9.92. The van der Waals surface area contributed by atoms with Crippen LogP contribution in [-0.2, 0) is 14.4 Å². The molecule has 0 radical (unpaired) electrons. The van der Waals surface area contributed by atoms with Crippen LogP contribution in [0.4, 0.5) is 11.4 Å². The number of ether oxygens (including phenoxy) is 1. The van der Waals surface area contributed by atoms with Gasteiger partial charge in [0.15, 0.2) is 6.61 Å². The van der Waals surface area contributed by atoms with Crippen LogP contribution in [-0.4, -0.2) is 48.9 Å². The Bertz CT molecular complexity index is 1070. The highest BCUT2D eigenvalue weighted by Crippen LogP contribution is 2.34. The monoisotopic (exact) mass is 475 g/mol. The lowest BCUT2D eigenvalue weighted by Crippen LogP contribution is -2.46. The average Bonchev–Trinajstić information content (AvgIpc) is 2.76. The van der Waals surface area contributed by atoms with Gasteiger partial charge >= 0.3 is 0 Å². The summed E-state index contributed by atoms with van der Waals surface area (Å²) in [5.74, 6) is -0.393. The fraction of sp³-hybridized carbons (Fsp3) is 0.261. The predicted octanol–water partition coefficient (Wildman–Crippen LogP) is 4.24. The van der Waals surface area contributed by atoms with Crippen molar-refractivity contribution >= 4 is 58.4 Å². The Kier molecular flexibility index (Phi) is 7.77. The molecule has 0 aliphatic carbocycles. The van der Waals surface area contributed by atoms with Gasteiger partial charge < -0.3 is 15.0 Å². The number of hydrogen-bond acceptors (Lipinski definition) is 4. The maximum Gasteiger partial charge on any atom is 0.265 e. The quantitative estimate of drug-likeness (QED) is 0.607. The molecule has 0 bridgehead atoms. The van der Waals surface area contributed by atoms with Crippen LogP contribution in [0, 0.1) is 0 Å². The second-order valence-electron chi connectivity index (χ2n) is 7.01. The second kappa shape index (κ2) is 10.5. The van der Waals surface area contributed by atoms with E-state index in [4.69, 9.17) is 27.9 Å². The zero-order valence-corrected chi connectivity index (χ0v) is 19.2. The van der Waals surface area contributed by atoms with Gasteiger partial charge in [-0.2, -0.15) is 0 Å². The molecule has 7 nitrogen and oxygen atoms in total. The molecule has 2 aromatic carbocycles. The highest BCUT2D eigenvalue weighted by atomic mass is 35.5. The minimum absolute atomic E-state index is 0.0940. The van der Waals surface area contributed by atoms with Gasteiger partial charge in [0.1, 0.15) is 12.3 Å². The summed E-state index contributed by atoms with van der Waals surface area (Å²) < 4.78 is 5.48. The molecule has 0 saturated heterocycles. The van der Waals surface area contributed by atoms with Gasteiger partial charge in [0.2, 0.25) is 11.8 Å². The number of benzene rings is 2. The number of nitrogens with zero attached hydrogens (tertiary/aromatic N) is 2. The maximum atomic E-state index is 12.6. The highest BCUT2D eigenvalue weighted by molar-refractivity contribution is 6.35. The zero-order valence-electron chi connectivity index (χ0n) is 17.7. The fourth-order valence-corrected chi connectivity index (χ4v) is 3.72. The van der Waals surface area contributed by atoms with Crippen LogP contribution in [0.1, 0.15) is 19.4 Å². The van der Waals surface area contributed by atoms with Crippen LogP contribution < -0.4 is 15.0 Å². The summed E-state index contributed by atoms with van der Waals surface area (Å²) in [6.45, 7) is 4.64. The number of nitrogens with one attached hydrogen (secondary N) is 1. The van der Waals surface area contributed by atoms with Crippen molar-refractivity contribution in [2.75, 3.05) is 36.5 Å². The predicted molar refractivity (Wildman–Crippen MR) is 126 cm³/mol. The number of hydrogen-bond donors (Lipinski definition) is 1. The van der Waals surface area contributed by atoms with Crippen molar-refractivity contribution in [3.63, 3.8) is 0 Å². The Labute approximate surface area is 196 Å². The Balaban J connectivity index is 1.76. The van der Waals surface area contributed by atoms with E-state index in [2.05, 4.69) is 5.32 Å². The van der Waals surface area contributed by atoms with Gasteiger partial charge in [0, 0.05) is 34.9 Å². The van der Waals surface area contributed by atoms with E-state index in [1.54, 1.807) is 47.4 Å². The van der Waals surface area contributed by atoms with E-state index >= 15 is 0 Å². The topological polar surface area (TPSA) is 79.0 Å². The summed E-state index contributed by atoms with van der Waals surface area (Å²) in [5.41, 5.74) is 1.54. The van der Waals surface area contributed by atoms with E-state index in [-0.39, 0.29) is 30.9 Å². The standard InChI is InChI=1S/C23H23Cl2N3O4/c1-3-27(4-2)22(30)13-28-19-12-17(8-9-20(19)32-14-23(28)31)26-21(29)10-6-15-5-7-16(24)11-18(15)25/h5-12H,3-4,13-14H2,1-2H3,(H,26,29)/b10-6+. The molecule has 1 heterocycles. The summed E-state index contributed by atoms with van der Waals surface area (Å²) in [7, 11) is 0. The lowest BCUT2D eigenvalue weighted by atomic mass is 10.2. The Morgan fingerprint density at radius 1 is 1.16 bits per heavy atom. The molecule has 32 heavy (non-hydrogen) atoms. The van der Waals surface area contributed by atoms with Crippen LogP contribution in [0.3, 0.4) is 0 Å². The molecule has 9 heteroatoms. The molecule has 1 aliphatic rings. The number of rotatable bonds is 7. The lowest BCUT2D eigenvalue weighted by Gasteiger charge is -2.31. The minimum atomic E-state index is -0.384. The molecule has 0 unspecified atom stereocenters. The summed E-state index contributed by atoms with van der Waals surface area (Å²) >= 11 is 12.0. The van der Waals surface area contributed by atoms with Crippen molar-refractivity contribution in [1.82, 2.24) is 4.90 Å². The smallest absolute Gasteiger partial charge is 0.265 e. The first-order valence-electron chi connectivity index (χ1n) is 10.1. The van der Waals surface area contributed by atoms with E-state index in [9.17, 15) is 14.4 Å². The number of carbonyl (C=O) groups excluding carboxylic acids is 3. The third kappa shape index (κ3) is 5.60. The van der Waals surface area contributed by atoms with Gasteiger partial charge in [-0.1, -0.05) is 29.3 Å². The van der Waals surface area contributed by atoms with Crippen molar-refractivity contribution in [2.45, 2.75) is 13.8 Å². The normalized spacial score (nSPS) is 13.0. The third-order valence-electron chi connectivity index (χ3n) is 4.96. The van der Waals surface area contributed by atoms with Crippen molar-refractivity contribution in [1.29, 1.82) is 0 Å².